The van der Waals surface area contributed by atoms with E-state index in [2.05, 4.69) is 13.8 Å². The molecule has 0 aromatic heterocycles. The van der Waals surface area contributed by atoms with Gasteiger partial charge in [-0.05, 0) is 18.8 Å². The molecule has 9 heavy (non-hydrogen) atoms. The maximum Gasteiger partial charge on any atom is 0.126 e. The fraction of sp³-hybridized carbons (Fsp3) is 0.875. The van der Waals surface area contributed by atoms with Crippen molar-refractivity contribution in [2.75, 3.05) is 0 Å². The molecule has 0 bridgehead atoms. The van der Waals surface area contributed by atoms with E-state index >= 15 is 0 Å². The topological polar surface area (TPSA) is 17.1 Å². The lowest BCUT2D eigenvalue weighted by Crippen LogP contribution is -2.02. The van der Waals surface area contributed by atoms with Gasteiger partial charge in [-0.15, -0.1) is 0 Å². The van der Waals surface area contributed by atoms with Crippen LogP contribution in [0.1, 0.15) is 33.1 Å². The quantitative estimate of drug-likeness (QED) is 0.529. The maximum absolute atomic E-state index is 10.5. The van der Waals surface area contributed by atoms with E-state index in [4.69, 9.17) is 0 Å². The Balaban J connectivity index is 2.46. The van der Waals surface area contributed by atoms with Gasteiger partial charge in [-0.2, -0.15) is 0 Å². The Kier molecular flexibility index (Phi) is 1.60. The van der Waals surface area contributed by atoms with Crippen molar-refractivity contribution in [2.24, 2.45) is 11.3 Å². The Morgan fingerprint density at radius 2 is 2.33 bits per heavy atom. The second kappa shape index (κ2) is 2.13. The van der Waals surface area contributed by atoms with Crippen molar-refractivity contribution in [2.45, 2.75) is 33.1 Å². The fourth-order valence-electron chi connectivity index (χ4n) is 1.61. The summed E-state index contributed by atoms with van der Waals surface area (Å²) >= 11 is 0. The van der Waals surface area contributed by atoms with Gasteiger partial charge in [0.25, 0.3) is 0 Å². The molecule has 0 aromatic rings. The van der Waals surface area contributed by atoms with E-state index in [0.29, 0.717) is 5.92 Å². The molecule has 0 saturated heterocycles. The summed E-state index contributed by atoms with van der Waals surface area (Å²) in [6.07, 6.45) is 4.51. The van der Waals surface area contributed by atoms with Crippen LogP contribution in [0.3, 0.4) is 0 Å². The van der Waals surface area contributed by atoms with E-state index in [1.54, 1.807) is 0 Å². The zero-order valence-corrected chi connectivity index (χ0v) is 6.18. The normalized spacial score (nSPS) is 40.4. The summed E-state index contributed by atoms with van der Waals surface area (Å²) in [4.78, 5) is 10.5. The molecule has 0 radical (unpaired) electrons. The molecule has 0 aromatic carbocycles. The monoisotopic (exact) mass is 126 g/mol. The summed E-state index contributed by atoms with van der Waals surface area (Å²) in [7, 11) is 0. The Morgan fingerprint density at radius 1 is 1.67 bits per heavy atom. The van der Waals surface area contributed by atoms with Gasteiger partial charge >= 0.3 is 0 Å². The molecule has 1 aliphatic carbocycles. The van der Waals surface area contributed by atoms with Gasteiger partial charge in [-0.3, -0.25) is 0 Å². The highest BCUT2D eigenvalue weighted by molar-refractivity contribution is 5.64. The minimum Gasteiger partial charge on any atom is -0.303 e. The Bertz CT molecular complexity index is 120. The smallest absolute Gasteiger partial charge is 0.126 e. The largest absolute Gasteiger partial charge is 0.303 e. The first-order valence-electron chi connectivity index (χ1n) is 3.75. The molecule has 1 heteroatoms. The predicted octanol–water partition coefficient (Wildman–Crippen LogP) is 2.01. The summed E-state index contributed by atoms with van der Waals surface area (Å²) in [5.41, 5.74) is 0.120. The Labute approximate surface area is 56.4 Å². The first-order chi connectivity index (χ1) is 4.29. The molecule has 1 aliphatic rings. The van der Waals surface area contributed by atoms with E-state index < -0.39 is 0 Å². The van der Waals surface area contributed by atoms with Crippen molar-refractivity contribution in [1.82, 2.24) is 0 Å². The molecule has 52 valence electrons. The fourth-order valence-corrected chi connectivity index (χ4v) is 1.61. The minimum atomic E-state index is 0.120. The van der Waals surface area contributed by atoms with E-state index in [-0.39, 0.29) is 5.41 Å². The van der Waals surface area contributed by atoms with Gasteiger partial charge in [-0.1, -0.05) is 20.3 Å². The van der Waals surface area contributed by atoms with Gasteiger partial charge < -0.3 is 4.79 Å². The second-order valence-electron chi connectivity index (χ2n) is 3.01. The maximum atomic E-state index is 10.5. The van der Waals surface area contributed by atoms with Gasteiger partial charge in [0.15, 0.2) is 0 Å². The van der Waals surface area contributed by atoms with Gasteiger partial charge in [0.05, 0.1) is 0 Å². The third kappa shape index (κ3) is 0.887. The molecule has 2 atom stereocenters. The number of carbonyl (C=O) groups is 1. The van der Waals surface area contributed by atoms with Crippen molar-refractivity contribution in [3.63, 3.8) is 0 Å². The van der Waals surface area contributed by atoms with Crippen molar-refractivity contribution in [1.29, 1.82) is 0 Å². The predicted molar refractivity (Wildman–Crippen MR) is 37.2 cm³/mol. The SMILES string of the molecule is CCC1CC1(C=O)CC. The summed E-state index contributed by atoms with van der Waals surface area (Å²) in [6.45, 7) is 4.26. The summed E-state index contributed by atoms with van der Waals surface area (Å²) < 4.78 is 0. The number of aldehydes is 1. The highest BCUT2D eigenvalue weighted by atomic mass is 16.1. The van der Waals surface area contributed by atoms with Crippen molar-refractivity contribution < 1.29 is 4.79 Å². The van der Waals surface area contributed by atoms with Crippen LogP contribution in [-0.4, -0.2) is 6.29 Å². The number of hydrogen-bond donors (Lipinski definition) is 0. The molecule has 1 saturated carbocycles. The van der Waals surface area contributed by atoms with Crippen molar-refractivity contribution in [3.8, 4) is 0 Å². The molecule has 1 nitrogen and oxygen atoms in total. The van der Waals surface area contributed by atoms with Gasteiger partial charge in [0.2, 0.25) is 0 Å². The van der Waals surface area contributed by atoms with Crippen LogP contribution in [-0.2, 0) is 4.79 Å². The number of carbonyl (C=O) groups excluding carboxylic acids is 1. The van der Waals surface area contributed by atoms with Crippen LogP contribution in [0.5, 0.6) is 0 Å². The Morgan fingerprint density at radius 3 is 2.44 bits per heavy atom. The molecule has 0 aliphatic heterocycles. The molecule has 2 unspecified atom stereocenters. The average molecular weight is 126 g/mol. The van der Waals surface area contributed by atoms with E-state index in [1.165, 1.54) is 6.42 Å². The summed E-state index contributed by atoms with van der Waals surface area (Å²) in [6, 6.07) is 0. The van der Waals surface area contributed by atoms with Crippen LogP contribution < -0.4 is 0 Å². The van der Waals surface area contributed by atoms with Crippen LogP contribution in [0.4, 0.5) is 0 Å². The molecule has 1 fully saturated rings. The highest BCUT2D eigenvalue weighted by Crippen LogP contribution is 2.54. The molecule has 1 rings (SSSR count). The first kappa shape index (κ1) is 6.79. The number of rotatable bonds is 3. The molecule has 0 spiro atoms. The standard InChI is InChI=1S/C8H14O/c1-3-7-5-8(7,4-2)6-9/h6-7H,3-5H2,1-2H3. The molecule has 0 amide bonds. The van der Waals surface area contributed by atoms with Crippen LogP contribution in [0.2, 0.25) is 0 Å². The summed E-state index contributed by atoms with van der Waals surface area (Å²) in [5.74, 6) is 0.708. The van der Waals surface area contributed by atoms with Gasteiger partial charge in [-0.25, -0.2) is 0 Å². The van der Waals surface area contributed by atoms with Crippen LogP contribution >= 0.6 is 0 Å². The van der Waals surface area contributed by atoms with Crippen LogP contribution in [0.25, 0.3) is 0 Å². The number of hydrogen-bond acceptors (Lipinski definition) is 1. The first-order valence-corrected chi connectivity index (χ1v) is 3.75. The second-order valence-corrected chi connectivity index (χ2v) is 3.01. The van der Waals surface area contributed by atoms with E-state index in [0.717, 1.165) is 19.1 Å². The lowest BCUT2D eigenvalue weighted by atomic mass is 10.0. The Hall–Kier alpha value is -0.330. The molecule has 0 heterocycles. The zero-order valence-electron chi connectivity index (χ0n) is 6.18. The van der Waals surface area contributed by atoms with Crippen molar-refractivity contribution in [3.05, 3.63) is 0 Å². The van der Waals surface area contributed by atoms with Crippen LogP contribution in [0.15, 0.2) is 0 Å². The van der Waals surface area contributed by atoms with Crippen molar-refractivity contribution >= 4 is 6.29 Å². The molecule has 0 N–H and O–H groups in total. The van der Waals surface area contributed by atoms with Crippen LogP contribution in [0, 0.1) is 11.3 Å². The average Bonchev–Trinajstić information content (AvgIpc) is 2.63. The van der Waals surface area contributed by atoms with Gasteiger partial charge in [0.1, 0.15) is 6.29 Å². The van der Waals surface area contributed by atoms with E-state index in [9.17, 15) is 4.79 Å². The lowest BCUT2D eigenvalue weighted by molar-refractivity contribution is -0.112. The summed E-state index contributed by atoms with van der Waals surface area (Å²) in [5, 5.41) is 0. The molecular formula is C8H14O. The minimum absolute atomic E-state index is 0.120. The van der Waals surface area contributed by atoms with E-state index in [1.807, 2.05) is 0 Å². The third-order valence-corrected chi connectivity index (χ3v) is 2.67. The zero-order chi connectivity index (χ0) is 6.91. The van der Waals surface area contributed by atoms with Gasteiger partial charge in [0, 0.05) is 5.41 Å². The third-order valence-electron chi connectivity index (χ3n) is 2.67. The lowest BCUT2D eigenvalue weighted by Gasteiger charge is -2.01. The molecular weight excluding hydrogens is 112 g/mol. The highest BCUT2D eigenvalue weighted by Gasteiger charge is 2.50.